The molecular weight excluding hydrogens is 159 g/mol. The van der Waals surface area contributed by atoms with Gasteiger partial charge in [0.2, 0.25) is 0 Å². The van der Waals surface area contributed by atoms with Crippen molar-refractivity contribution < 1.29 is 15.0 Å². The summed E-state index contributed by atoms with van der Waals surface area (Å²) in [4.78, 5) is 8.56. The van der Waals surface area contributed by atoms with E-state index in [1.165, 1.54) is 15.8 Å². The molecule has 0 unspecified atom stereocenters. The van der Waals surface area contributed by atoms with Crippen molar-refractivity contribution in [2.75, 3.05) is 0 Å². The molecule has 4 heteroatoms. The second-order valence-corrected chi connectivity index (χ2v) is 6.55. The van der Waals surface area contributed by atoms with E-state index in [0.717, 1.165) is 0 Å². The fraction of sp³-hybridized carbons (Fsp3) is 0.857. The van der Waals surface area contributed by atoms with Crippen molar-refractivity contribution in [2.45, 2.75) is 36.6 Å². The van der Waals surface area contributed by atoms with Gasteiger partial charge in [-0.05, 0) is 0 Å². The van der Waals surface area contributed by atoms with Crippen LogP contribution in [0.4, 0.5) is 4.79 Å². The van der Waals surface area contributed by atoms with Crippen molar-refractivity contribution >= 4 is 20.3 Å². The normalized spacial score (nSPS) is 7.91. The molecule has 0 fully saturated rings. The summed E-state index contributed by atoms with van der Waals surface area (Å²) < 4.78 is 0. The van der Waals surface area contributed by atoms with Gasteiger partial charge in [-0.15, -0.1) is 0 Å². The molecule has 0 aromatic heterocycles. The predicted molar refractivity (Wildman–Crippen MR) is 47.9 cm³/mol. The third-order valence-corrected chi connectivity index (χ3v) is 5.20. The van der Waals surface area contributed by atoms with Crippen LogP contribution < -0.4 is 0 Å². The fourth-order valence-electron chi connectivity index (χ4n) is 0.866. The lowest BCUT2D eigenvalue weighted by atomic mass is 10.9. The Morgan fingerprint density at radius 3 is 1.27 bits per heavy atom. The molecule has 11 heavy (non-hydrogen) atoms. The second-order valence-electron chi connectivity index (χ2n) is 2.37. The quantitative estimate of drug-likeness (QED) is 0.650. The van der Waals surface area contributed by atoms with Crippen LogP contribution in [0.25, 0.3) is 0 Å². The number of carbonyl (C=O) groups is 1. The second kappa shape index (κ2) is 9.80. The number of rotatable bonds is 3. The minimum absolute atomic E-state index is 0.171. The molecule has 0 aromatic rings. The van der Waals surface area contributed by atoms with E-state index in [1.54, 1.807) is 0 Å². The smallest absolute Gasteiger partial charge is 0.450 e. The van der Waals surface area contributed by atoms with Gasteiger partial charge in [-0.3, -0.25) is 0 Å². The average Bonchev–Trinajstić information content (AvgIpc) is 1.90. The topological polar surface area (TPSA) is 57.5 Å². The summed E-state index contributed by atoms with van der Waals surface area (Å²) in [5.41, 5.74) is 0. The zero-order valence-electron chi connectivity index (χ0n) is 7.50. The van der Waals surface area contributed by atoms with Crippen LogP contribution in [0.5, 0.6) is 0 Å². The van der Waals surface area contributed by atoms with Crippen molar-refractivity contribution in [1.29, 1.82) is 0 Å². The monoisotopic (exact) mass is 176 g/mol. The Bertz CT molecular complexity index is 82.2. The molecule has 0 atom stereocenters. The summed E-state index contributed by atoms with van der Waals surface area (Å²) in [5, 5.41) is 18.4. The first-order valence-corrected chi connectivity index (χ1v) is 6.45. The van der Waals surface area contributed by atoms with E-state index in [2.05, 4.69) is 20.8 Å². The van der Waals surface area contributed by atoms with Gasteiger partial charge in [0.25, 0.3) is 14.1 Å². The third-order valence-electron chi connectivity index (χ3n) is 1.73. The molecule has 2 N–H and O–H groups in total. The van der Waals surface area contributed by atoms with Crippen molar-refractivity contribution in [2.24, 2.45) is 0 Å². The highest BCUT2D eigenvalue weighted by molar-refractivity contribution is 6.58. The van der Waals surface area contributed by atoms with E-state index in [0.29, 0.717) is 0 Å². The Morgan fingerprint density at radius 2 is 1.27 bits per heavy atom. The van der Waals surface area contributed by atoms with E-state index < -0.39 is 6.16 Å². The lowest BCUT2D eigenvalue weighted by Gasteiger charge is -1.97. The Morgan fingerprint density at radius 1 is 1.09 bits per heavy atom. The summed E-state index contributed by atoms with van der Waals surface area (Å²) >= 11 is -0.171. The van der Waals surface area contributed by atoms with Crippen molar-refractivity contribution in [3.05, 3.63) is 0 Å². The molecule has 66 valence electrons. The summed E-state index contributed by atoms with van der Waals surface area (Å²) in [6.07, 6.45) is -1.83. The van der Waals surface area contributed by atoms with Gasteiger partial charge in [0.1, 0.15) is 0 Å². The van der Waals surface area contributed by atoms with Gasteiger partial charge in [0, 0.05) is 0 Å². The highest BCUT2D eigenvalue weighted by Crippen LogP contribution is 2.01. The van der Waals surface area contributed by atoms with Gasteiger partial charge in [-0.2, -0.15) is 0 Å². The number of hydrogen-bond acceptors (Lipinski definition) is 1. The average molecular weight is 176 g/mol. The van der Waals surface area contributed by atoms with Gasteiger partial charge in [-0.25, -0.2) is 4.79 Å². The van der Waals surface area contributed by atoms with E-state index in [9.17, 15) is 0 Å². The Kier molecular flexibility index (Phi) is 11.9. The van der Waals surface area contributed by atoms with Crippen LogP contribution in [0.2, 0.25) is 15.8 Å². The highest BCUT2D eigenvalue weighted by Gasteiger charge is 2.05. The molecule has 3 nitrogen and oxygen atoms in total. The minimum atomic E-state index is -1.83. The fourth-order valence-corrected chi connectivity index (χ4v) is 2.60. The first-order valence-electron chi connectivity index (χ1n) is 4.00. The minimum Gasteiger partial charge on any atom is -0.450 e. The largest absolute Gasteiger partial charge is 0.503 e. The summed E-state index contributed by atoms with van der Waals surface area (Å²) in [7, 11) is 0. The van der Waals surface area contributed by atoms with E-state index in [1.807, 2.05) is 0 Å². The van der Waals surface area contributed by atoms with Crippen LogP contribution >= 0.6 is 0 Å². The molecule has 0 aliphatic heterocycles. The van der Waals surface area contributed by atoms with Gasteiger partial charge >= 0.3 is 6.16 Å². The lowest BCUT2D eigenvalue weighted by molar-refractivity contribution is 0.137. The molecule has 0 aliphatic carbocycles. The SMILES string of the molecule is C[CH2][Al]([CH2]C)[CH2]C.O=C(O)O. The van der Waals surface area contributed by atoms with Crippen LogP contribution in [-0.2, 0) is 0 Å². The summed E-state index contributed by atoms with van der Waals surface area (Å²) in [6.45, 7) is 6.97. The third kappa shape index (κ3) is 17.7. The molecule has 0 radical (unpaired) electrons. The van der Waals surface area contributed by atoms with Crippen LogP contribution in [0.15, 0.2) is 0 Å². The van der Waals surface area contributed by atoms with Crippen LogP contribution in [0, 0.1) is 0 Å². The Labute approximate surface area is 72.4 Å². The molecule has 0 aliphatic rings. The zero-order chi connectivity index (χ0) is 9.28. The lowest BCUT2D eigenvalue weighted by Crippen LogP contribution is -2.04. The molecule has 0 amide bonds. The van der Waals surface area contributed by atoms with Gasteiger partial charge in [0.15, 0.2) is 0 Å². The molecule has 0 aromatic carbocycles. The van der Waals surface area contributed by atoms with E-state index in [4.69, 9.17) is 15.0 Å². The van der Waals surface area contributed by atoms with Crippen LogP contribution in [-0.4, -0.2) is 30.5 Å². The Balaban J connectivity index is 0. The number of carboxylic acid groups (broad SMARTS) is 2. The first kappa shape index (κ1) is 13.4. The molecular formula is C7H17AlO3. The van der Waals surface area contributed by atoms with E-state index in [-0.39, 0.29) is 14.1 Å². The van der Waals surface area contributed by atoms with Gasteiger partial charge in [0.05, 0.1) is 0 Å². The van der Waals surface area contributed by atoms with Crippen molar-refractivity contribution in [3.8, 4) is 0 Å². The highest BCUT2D eigenvalue weighted by atomic mass is 27.2. The van der Waals surface area contributed by atoms with Gasteiger partial charge < -0.3 is 10.2 Å². The molecule has 0 rings (SSSR count). The van der Waals surface area contributed by atoms with Gasteiger partial charge in [-0.1, -0.05) is 36.6 Å². The predicted octanol–water partition coefficient (Wildman–Crippen LogP) is 2.76. The molecule has 0 saturated heterocycles. The van der Waals surface area contributed by atoms with Crippen LogP contribution in [0.3, 0.4) is 0 Å². The van der Waals surface area contributed by atoms with Crippen LogP contribution in [0.1, 0.15) is 20.8 Å². The maximum atomic E-state index is 8.56. The molecule has 0 spiro atoms. The molecule has 0 bridgehead atoms. The number of hydrogen-bond donors (Lipinski definition) is 2. The Hall–Kier alpha value is -0.198. The molecule has 0 heterocycles. The summed E-state index contributed by atoms with van der Waals surface area (Å²) in [6, 6.07) is 0. The standard InChI is InChI=1S/3C2H5.CH2O3.Al/c3*1-2;2-1(3)4;/h3*1H2,2H3;(H2,2,3,4);. The molecule has 0 saturated carbocycles. The van der Waals surface area contributed by atoms with E-state index >= 15 is 0 Å². The maximum Gasteiger partial charge on any atom is 0.503 e. The van der Waals surface area contributed by atoms with Crippen molar-refractivity contribution in [3.63, 3.8) is 0 Å². The zero-order valence-corrected chi connectivity index (χ0v) is 8.66. The summed E-state index contributed by atoms with van der Waals surface area (Å²) in [5.74, 6) is 0. The first-order chi connectivity index (χ1) is 5.08. The maximum absolute atomic E-state index is 8.56. The van der Waals surface area contributed by atoms with Crippen molar-refractivity contribution in [1.82, 2.24) is 0 Å².